The summed E-state index contributed by atoms with van der Waals surface area (Å²) in [4.78, 5) is 11.6. The van der Waals surface area contributed by atoms with E-state index in [0.717, 1.165) is 19.3 Å². The first-order valence-corrected chi connectivity index (χ1v) is 7.89. The normalized spacial score (nSPS) is 11.8. The number of carbonyl (C=O) groups excluding carboxylic acids is 1. The lowest BCUT2D eigenvalue weighted by Crippen LogP contribution is -2.36. The van der Waals surface area contributed by atoms with Gasteiger partial charge in [-0.3, -0.25) is 0 Å². The summed E-state index contributed by atoms with van der Waals surface area (Å²) in [6.45, 7) is 9.22. The SMILES string of the molecule is C/C=C/OCC(CC)(CO/C=C/C)COC(=O)OCCCC. The Labute approximate surface area is 134 Å². The fraction of sp³-hybridized carbons (Fsp3) is 0.706. The van der Waals surface area contributed by atoms with Crippen molar-refractivity contribution in [3.63, 3.8) is 0 Å². The van der Waals surface area contributed by atoms with E-state index < -0.39 is 11.6 Å². The summed E-state index contributed by atoms with van der Waals surface area (Å²) >= 11 is 0. The second-order valence-corrected chi connectivity index (χ2v) is 5.16. The molecular formula is C17H30O5. The predicted octanol–water partition coefficient (Wildman–Crippen LogP) is 4.44. The van der Waals surface area contributed by atoms with E-state index in [1.54, 1.807) is 12.5 Å². The molecule has 128 valence electrons. The van der Waals surface area contributed by atoms with Gasteiger partial charge in [0.15, 0.2) is 0 Å². The second-order valence-electron chi connectivity index (χ2n) is 5.16. The van der Waals surface area contributed by atoms with Crippen LogP contribution in [0.3, 0.4) is 0 Å². The number of rotatable bonds is 12. The van der Waals surface area contributed by atoms with Crippen molar-refractivity contribution in [3.05, 3.63) is 24.7 Å². The molecule has 0 bridgehead atoms. The van der Waals surface area contributed by atoms with E-state index in [0.29, 0.717) is 19.8 Å². The van der Waals surface area contributed by atoms with Gasteiger partial charge in [-0.05, 0) is 26.7 Å². The van der Waals surface area contributed by atoms with E-state index in [2.05, 4.69) is 0 Å². The Morgan fingerprint density at radius 3 is 2.00 bits per heavy atom. The zero-order chi connectivity index (χ0) is 16.7. The van der Waals surface area contributed by atoms with E-state index in [-0.39, 0.29) is 6.61 Å². The van der Waals surface area contributed by atoms with Gasteiger partial charge in [-0.2, -0.15) is 0 Å². The fourth-order valence-electron chi connectivity index (χ4n) is 1.63. The van der Waals surface area contributed by atoms with Gasteiger partial charge in [0.05, 0.1) is 37.8 Å². The molecule has 0 fully saturated rings. The summed E-state index contributed by atoms with van der Waals surface area (Å²) in [6.07, 6.45) is 8.80. The van der Waals surface area contributed by atoms with Gasteiger partial charge in [0, 0.05) is 0 Å². The maximum Gasteiger partial charge on any atom is 0.508 e. The molecule has 0 saturated heterocycles. The first-order valence-electron chi connectivity index (χ1n) is 7.89. The summed E-state index contributed by atoms with van der Waals surface area (Å²) < 4.78 is 21.2. The van der Waals surface area contributed by atoms with Crippen LogP contribution in [0.15, 0.2) is 24.7 Å². The Balaban J connectivity index is 4.49. The van der Waals surface area contributed by atoms with E-state index in [1.807, 2.05) is 39.8 Å². The second kappa shape index (κ2) is 13.0. The molecule has 5 nitrogen and oxygen atoms in total. The Kier molecular flexibility index (Phi) is 12.1. The number of ether oxygens (including phenoxy) is 4. The molecule has 0 saturated carbocycles. The van der Waals surface area contributed by atoms with Crippen molar-refractivity contribution in [1.82, 2.24) is 0 Å². The minimum Gasteiger partial charge on any atom is -0.501 e. The summed E-state index contributed by atoms with van der Waals surface area (Å²) in [7, 11) is 0. The maximum atomic E-state index is 11.6. The van der Waals surface area contributed by atoms with E-state index in [1.165, 1.54) is 0 Å². The summed E-state index contributed by atoms with van der Waals surface area (Å²) in [5.74, 6) is 0. The molecule has 0 spiro atoms. The van der Waals surface area contributed by atoms with Crippen LogP contribution in [-0.2, 0) is 18.9 Å². The molecule has 0 heterocycles. The first-order chi connectivity index (χ1) is 10.6. The molecule has 22 heavy (non-hydrogen) atoms. The molecule has 0 aromatic heterocycles. The molecule has 0 aliphatic rings. The smallest absolute Gasteiger partial charge is 0.501 e. The van der Waals surface area contributed by atoms with Gasteiger partial charge in [-0.1, -0.05) is 32.4 Å². The Morgan fingerprint density at radius 1 is 0.955 bits per heavy atom. The molecule has 0 aliphatic heterocycles. The molecule has 0 atom stereocenters. The van der Waals surface area contributed by atoms with Crippen LogP contribution >= 0.6 is 0 Å². The van der Waals surface area contributed by atoms with Gasteiger partial charge in [-0.15, -0.1) is 0 Å². The molecule has 0 aliphatic carbocycles. The molecule has 0 aromatic carbocycles. The lowest BCUT2D eigenvalue weighted by molar-refractivity contribution is -0.0334. The van der Waals surface area contributed by atoms with Crippen LogP contribution in [0.25, 0.3) is 0 Å². The first kappa shape index (κ1) is 20.3. The van der Waals surface area contributed by atoms with Gasteiger partial charge < -0.3 is 18.9 Å². The van der Waals surface area contributed by atoms with Crippen LogP contribution < -0.4 is 0 Å². The van der Waals surface area contributed by atoms with Gasteiger partial charge in [0.25, 0.3) is 0 Å². The predicted molar refractivity (Wildman–Crippen MR) is 86.5 cm³/mol. The van der Waals surface area contributed by atoms with Crippen LogP contribution in [0.5, 0.6) is 0 Å². The van der Waals surface area contributed by atoms with Crippen LogP contribution in [-0.4, -0.2) is 32.6 Å². The quantitative estimate of drug-likeness (QED) is 0.303. The van der Waals surface area contributed by atoms with Crippen molar-refractivity contribution < 1.29 is 23.7 Å². The molecule has 0 amide bonds. The van der Waals surface area contributed by atoms with Crippen molar-refractivity contribution >= 4 is 6.16 Å². The minimum atomic E-state index is -0.636. The highest BCUT2D eigenvalue weighted by atomic mass is 16.7. The third-order valence-corrected chi connectivity index (χ3v) is 3.21. The molecule has 0 rings (SSSR count). The monoisotopic (exact) mass is 314 g/mol. The number of hydrogen-bond acceptors (Lipinski definition) is 5. The van der Waals surface area contributed by atoms with Gasteiger partial charge in [0.1, 0.15) is 6.61 Å². The number of unbranched alkanes of at least 4 members (excludes halogenated alkanes) is 1. The van der Waals surface area contributed by atoms with Crippen LogP contribution in [0.4, 0.5) is 4.79 Å². The van der Waals surface area contributed by atoms with Crippen molar-refractivity contribution in [1.29, 1.82) is 0 Å². The van der Waals surface area contributed by atoms with Crippen LogP contribution in [0.2, 0.25) is 0 Å². The third kappa shape index (κ3) is 9.32. The third-order valence-electron chi connectivity index (χ3n) is 3.21. The van der Waals surface area contributed by atoms with Crippen molar-refractivity contribution in [2.45, 2.75) is 47.0 Å². The highest BCUT2D eigenvalue weighted by molar-refractivity contribution is 5.59. The molecule has 5 heteroatoms. The van der Waals surface area contributed by atoms with E-state index >= 15 is 0 Å². The van der Waals surface area contributed by atoms with Gasteiger partial charge in [0.2, 0.25) is 0 Å². The molecule has 0 N–H and O–H groups in total. The average molecular weight is 314 g/mol. The average Bonchev–Trinajstić information content (AvgIpc) is 2.53. The molecule has 0 unspecified atom stereocenters. The number of hydrogen-bond donors (Lipinski definition) is 0. The van der Waals surface area contributed by atoms with Crippen molar-refractivity contribution in [2.24, 2.45) is 5.41 Å². The van der Waals surface area contributed by atoms with Crippen LogP contribution in [0, 0.1) is 5.41 Å². The topological polar surface area (TPSA) is 54.0 Å². The lowest BCUT2D eigenvalue weighted by atomic mass is 9.88. The van der Waals surface area contributed by atoms with Gasteiger partial charge >= 0.3 is 6.16 Å². The number of allylic oxidation sites excluding steroid dienone is 2. The minimum absolute atomic E-state index is 0.198. The molecule has 0 aromatic rings. The van der Waals surface area contributed by atoms with Crippen LogP contribution in [0.1, 0.15) is 47.0 Å². The van der Waals surface area contributed by atoms with Crippen molar-refractivity contribution in [2.75, 3.05) is 26.4 Å². The van der Waals surface area contributed by atoms with E-state index in [4.69, 9.17) is 18.9 Å². The Bertz CT molecular complexity index is 320. The standard InChI is InChI=1S/C17H30O5/c1-5-9-12-21-16(18)22-15-17(8-4,13-19-10-6-2)14-20-11-7-3/h6-7,10-11H,5,8-9,12-15H2,1-4H3/b10-6+,11-7+. The maximum absolute atomic E-state index is 11.6. The molecular weight excluding hydrogens is 284 g/mol. The summed E-state index contributed by atoms with van der Waals surface area (Å²) in [6, 6.07) is 0. The zero-order valence-electron chi connectivity index (χ0n) is 14.3. The highest BCUT2D eigenvalue weighted by Crippen LogP contribution is 2.24. The zero-order valence-corrected chi connectivity index (χ0v) is 14.3. The number of carbonyl (C=O) groups is 1. The fourth-order valence-corrected chi connectivity index (χ4v) is 1.63. The lowest BCUT2D eigenvalue weighted by Gasteiger charge is -2.30. The Hall–Kier alpha value is -1.65. The van der Waals surface area contributed by atoms with Gasteiger partial charge in [-0.25, -0.2) is 4.79 Å². The van der Waals surface area contributed by atoms with Crippen molar-refractivity contribution in [3.8, 4) is 0 Å². The molecule has 0 radical (unpaired) electrons. The largest absolute Gasteiger partial charge is 0.508 e. The highest BCUT2D eigenvalue weighted by Gasteiger charge is 2.32. The summed E-state index contributed by atoms with van der Waals surface area (Å²) in [5, 5.41) is 0. The van der Waals surface area contributed by atoms with E-state index in [9.17, 15) is 4.79 Å². The summed E-state index contributed by atoms with van der Waals surface area (Å²) in [5.41, 5.74) is -0.400. The Morgan fingerprint density at radius 2 is 1.55 bits per heavy atom.